The number of nitrogens with one attached hydrogen (secondary N) is 3. The fourth-order valence-electron chi connectivity index (χ4n) is 1.65. The summed E-state index contributed by atoms with van der Waals surface area (Å²) in [5.41, 5.74) is 4.47. The second kappa shape index (κ2) is 10.7. The Bertz CT molecular complexity index is 558. The molecule has 13 nitrogen and oxygen atoms in total. The van der Waals surface area contributed by atoms with E-state index in [1.54, 1.807) is 20.8 Å². The lowest BCUT2D eigenvalue weighted by atomic mass is 10.1. The minimum atomic E-state index is -1.24. The van der Waals surface area contributed by atoms with Gasteiger partial charge in [0.1, 0.15) is 23.3 Å². The molecule has 0 saturated carbocycles. The minimum absolute atomic E-state index is 0.101. The van der Waals surface area contributed by atoms with Crippen molar-refractivity contribution in [2.75, 3.05) is 13.1 Å². The van der Waals surface area contributed by atoms with Gasteiger partial charge in [-0.1, -0.05) is 0 Å². The van der Waals surface area contributed by atoms with E-state index in [0.29, 0.717) is 0 Å². The van der Waals surface area contributed by atoms with Crippen molar-refractivity contribution in [3.63, 3.8) is 0 Å². The van der Waals surface area contributed by atoms with Gasteiger partial charge in [0.2, 0.25) is 5.91 Å². The first-order valence-electron chi connectivity index (χ1n) is 7.62. The maximum absolute atomic E-state index is 12.0. The van der Waals surface area contributed by atoms with Crippen LogP contribution in [0.25, 0.3) is 0 Å². The molecule has 0 rings (SSSR count). The quantitative estimate of drug-likeness (QED) is 0.110. The zero-order chi connectivity index (χ0) is 20.3. The van der Waals surface area contributed by atoms with Gasteiger partial charge in [0.15, 0.2) is 5.03 Å². The van der Waals surface area contributed by atoms with Crippen LogP contribution in [0.15, 0.2) is 5.10 Å². The number of nitro groups is 1. The van der Waals surface area contributed by atoms with Crippen LogP contribution >= 0.6 is 0 Å². The van der Waals surface area contributed by atoms with Gasteiger partial charge < -0.3 is 31.5 Å². The molecule has 26 heavy (non-hydrogen) atoms. The second-order valence-electron chi connectivity index (χ2n) is 6.10. The molecule has 148 valence electrons. The van der Waals surface area contributed by atoms with Gasteiger partial charge in [-0.15, -0.1) is 0 Å². The number of amides is 2. The lowest BCUT2D eigenvalue weighted by Gasteiger charge is -2.23. The SMILES string of the molecule is CC(C)(C)OC(=O)N[C@@H](CCCN/C(N)=N/[N+](=O)[O-])C(=O)NCC(=O)O. The lowest BCUT2D eigenvalue weighted by Crippen LogP contribution is -2.49. The Morgan fingerprint density at radius 1 is 1.31 bits per heavy atom. The second-order valence-corrected chi connectivity index (χ2v) is 6.10. The van der Waals surface area contributed by atoms with Crippen molar-refractivity contribution >= 4 is 23.9 Å². The predicted molar refractivity (Wildman–Crippen MR) is 89.7 cm³/mol. The normalized spacial score (nSPS) is 12.7. The van der Waals surface area contributed by atoms with Crippen molar-refractivity contribution in [2.45, 2.75) is 45.3 Å². The third-order valence-electron chi connectivity index (χ3n) is 2.59. The predicted octanol–water partition coefficient (Wildman–Crippen LogP) is -1.04. The van der Waals surface area contributed by atoms with Crippen LogP contribution in [0.1, 0.15) is 33.6 Å². The summed E-state index contributed by atoms with van der Waals surface area (Å²) in [6, 6.07) is -1.06. The number of nitrogens with two attached hydrogens (primary N) is 1. The fraction of sp³-hybridized carbons (Fsp3) is 0.692. The molecule has 0 aliphatic rings. The first-order valence-corrected chi connectivity index (χ1v) is 7.62. The number of hydrogen-bond donors (Lipinski definition) is 5. The van der Waals surface area contributed by atoms with E-state index in [-0.39, 0.29) is 19.4 Å². The van der Waals surface area contributed by atoms with Gasteiger partial charge in [-0.3, -0.25) is 9.59 Å². The molecule has 0 saturated heterocycles. The number of alkyl carbamates (subject to hydrolysis) is 1. The Kier molecular flexibility index (Phi) is 9.40. The van der Waals surface area contributed by atoms with Crippen molar-refractivity contribution in [3.8, 4) is 0 Å². The van der Waals surface area contributed by atoms with Crippen LogP contribution in [-0.2, 0) is 14.3 Å². The van der Waals surface area contributed by atoms with Crippen molar-refractivity contribution in [1.82, 2.24) is 16.0 Å². The van der Waals surface area contributed by atoms with E-state index < -0.39 is 47.1 Å². The third kappa shape index (κ3) is 12.3. The third-order valence-corrected chi connectivity index (χ3v) is 2.59. The molecule has 0 heterocycles. The molecular weight excluding hydrogens is 352 g/mol. The van der Waals surface area contributed by atoms with Gasteiger partial charge in [0.05, 0.1) is 0 Å². The number of carbonyl (C=O) groups is 3. The largest absolute Gasteiger partial charge is 0.480 e. The summed E-state index contributed by atoms with van der Waals surface area (Å²) >= 11 is 0. The Morgan fingerprint density at radius 3 is 2.42 bits per heavy atom. The van der Waals surface area contributed by atoms with E-state index in [9.17, 15) is 24.5 Å². The van der Waals surface area contributed by atoms with Crippen molar-refractivity contribution in [3.05, 3.63) is 10.1 Å². The summed E-state index contributed by atoms with van der Waals surface area (Å²) in [5.74, 6) is -2.34. The number of aliphatic carboxylic acids is 1. The van der Waals surface area contributed by atoms with Crippen LogP contribution in [0, 0.1) is 10.1 Å². The molecule has 13 heteroatoms. The van der Waals surface area contributed by atoms with E-state index in [1.165, 1.54) is 0 Å². The summed E-state index contributed by atoms with van der Waals surface area (Å²) < 4.78 is 5.06. The average Bonchev–Trinajstić information content (AvgIpc) is 2.45. The number of hydrogen-bond acceptors (Lipinski definition) is 6. The zero-order valence-corrected chi connectivity index (χ0v) is 14.8. The molecule has 0 unspecified atom stereocenters. The van der Waals surface area contributed by atoms with Crippen LogP contribution in [0.4, 0.5) is 4.79 Å². The Balaban J connectivity index is 4.67. The average molecular weight is 376 g/mol. The molecule has 2 amide bonds. The van der Waals surface area contributed by atoms with Crippen molar-refractivity contribution in [1.29, 1.82) is 0 Å². The topological polar surface area (TPSA) is 198 Å². The number of carboxylic acid groups (broad SMARTS) is 1. The van der Waals surface area contributed by atoms with Crippen LogP contribution < -0.4 is 21.7 Å². The molecule has 0 aliphatic heterocycles. The van der Waals surface area contributed by atoms with E-state index in [0.717, 1.165) is 0 Å². The molecule has 1 atom stereocenters. The van der Waals surface area contributed by atoms with E-state index in [4.69, 9.17) is 15.6 Å². The molecule has 0 bridgehead atoms. The summed E-state index contributed by atoms with van der Waals surface area (Å²) in [7, 11) is 0. The number of hydrazone groups is 1. The molecule has 0 fully saturated rings. The van der Waals surface area contributed by atoms with Crippen LogP contribution in [0.2, 0.25) is 0 Å². The van der Waals surface area contributed by atoms with Gasteiger partial charge in [0, 0.05) is 6.54 Å². The summed E-state index contributed by atoms with van der Waals surface area (Å²) in [6.45, 7) is 4.47. The number of ether oxygens (including phenoxy) is 1. The molecular formula is C13H24N6O7. The van der Waals surface area contributed by atoms with Crippen LogP contribution in [0.5, 0.6) is 0 Å². The van der Waals surface area contributed by atoms with Gasteiger partial charge in [-0.25, -0.2) is 14.9 Å². The highest BCUT2D eigenvalue weighted by Gasteiger charge is 2.24. The van der Waals surface area contributed by atoms with Crippen LogP contribution in [-0.4, -0.2) is 58.8 Å². The Labute approximate surface area is 149 Å². The monoisotopic (exact) mass is 376 g/mol. The number of guanidine groups is 1. The number of nitrogens with zero attached hydrogens (tertiary/aromatic N) is 2. The standard InChI is InChI=1S/C13H24N6O7/c1-13(2,3)26-12(23)17-8(10(22)16-7-9(20)21)5-4-6-15-11(14)18-19(24)25/h8H,4-7H2,1-3H3,(H,16,22)(H,17,23)(H,20,21)(H3,14,15,18)/t8-/m0/s1. The minimum Gasteiger partial charge on any atom is -0.480 e. The van der Waals surface area contributed by atoms with E-state index in [1.807, 2.05) is 0 Å². The summed E-state index contributed by atoms with van der Waals surface area (Å²) in [6.07, 6.45) is -0.464. The van der Waals surface area contributed by atoms with E-state index >= 15 is 0 Å². The highest BCUT2D eigenvalue weighted by Crippen LogP contribution is 2.07. The van der Waals surface area contributed by atoms with E-state index in [2.05, 4.69) is 21.1 Å². The summed E-state index contributed by atoms with van der Waals surface area (Å²) in [5, 5.41) is 27.6. The summed E-state index contributed by atoms with van der Waals surface area (Å²) in [4.78, 5) is 44.5. The zero-order valence-electron chi connectivity index (χ0n) is 14.8. The highest BCUT2D eigenvalue weighted by molar-refractivity contribution is 5.88. The molecule has 0 aromatic rings. The molecule has 0 aliphatic carbocycles. The van der Waals surface area contributed by atoms with Gasteiger partial charge in [-0.05, 0) is 33.6 Å². The van der Waals surface area contributed by atoms with Gasteiger partial charge >= 0.3 is 12.1 Å². The first-order chi connectivity index (χ1) is 11.9. The first kappa shape index (κ1) is 22.9. The molecule has 0 radical (unpaired) electrons. The number of rotatable bonds is 9. The number of carboxylic acids is 1. The maximum Gasteiger partial charge on any atom is 0.408 e. The smallest absolute Gasteiger partial charge is 0.408 e. The Morgan fingerprint density at radius 2 is 1.92 bits per heavy atom. The maximum atomic E-state index is 12.0. The Hall–Kier alpha value is -3.12. The van der Waals surface area contributed by atoms with Gasteiger partial charge in [-0.2, -0.15) is 0 Å². The molecule has 0 spiro atoms. The molecule has 0 aromatic carbocycles. The van der Waals surface area contributed by atoms with Crippen molar-refractivity contribution in [2.24, 2.45) is 10.8 Å². The number of carbonyl (C=O) groups excluding carboxylic acids is 2. The highest BCUT2D eigenvalue weighted by atomic mass is 16.7. The van der Waals surface area contributed by atoms with Crippen molar-refractivity contribution < 1.29 is 29.3 Å². The molecule has 0 aromatic heterocycles. The van der Waals surface area contributed by atoms with Crippen LogP contribution in [0.3, 0.4) is 0 Å². The molecule has 6 N–H and O–H groups in total. The fourth-order valence-corrected chi connectivity index (χ4v) is 1.65. The lowest BCUT2D eigenvalue weighted by molar-refractivity contribution is -0.485. The van der Waals surface area contributed by atoms with Gasteiger partial charge in [0.25, 0.3) is 5.96 Å².